The highest BCUT2D eigenvalue weighted by molar-refractivity contribution is 7.91. The summed E-state index contributed by atoms with van der Waals surface area (Å²) in [6.45, 7) is 2.36. The zero-order chi connectivity index (χ0) is 17.4. The topological polar surface area (TPSA) is 50.3 Å². The highest BCUT2D eigenvalue weighted by Crippen LogP contribution is 2.35. The molecular weight excluding hydrogens is 361 g/mol. The molecule has 1 aromatic heterocycles. The van der Waals surface area contributed by atoms with Gasteiger partial charge in [-0.2, -0.15) is 13.2 Å². The van der Waals surface area contributed by atoms with Crippen molar-refractivity contribution in [2.75, 3.05) is 31.1 Å². The summed E-state index contributed by atoms with van der Waals surface area (Å²) in [4.78, 5) is 6.01. The molecule has 9 heteroatoms. The largest absolute Gasteiger partial charge is 0.434 e. The molecule has 24 heavy (non-hydrogen) atoms. The Hall–Kier alpha value is -0.670. The van der Waals surface area contributed by atoms with Gasteiger partial charge in [-0.25, -0.2) is 13.4 Å². The van der Waals surface area contributed by atoms with Gasteiger partial charge in [0, 0.05) is 17.8 Å². The molecule has 2 fully saturated rings. The van der Waals surface area contributed by atoms with Crippen LogP contribution in [0.2, 0.25) is 0 Å². The number of aromatic nitrogens is 1. The molecule has 136 valence electrons. The summed E-state index contributed by atoms with van der Waals surface area (Å²) >= 11 is 1.09. The Bertz CT molecular complexity index is 665. The van der Waals surface area contributed by atoms with Crippen molar-refractivity contribution in [2.45, 2.75) is 37.8 Å². The quantitative estimate of drug-likeness (QED) is 0.806. The monoisotopic (exact) mass is 382 g/mol. The van der Waals surface area contributed by atoms with Crippen molar-refractivity contribution in [3.8, 4) is 0 Å². The van der Waals surface area contributed by atoms with E-state index in [9.17, 15) is 21.6 Å². The molecule has 0 saturated carbocycles. The maximum Gasteiger partial charge on any atom is 0.434 e. The zero-order valence-electron chi connectivity index (χ0n) is 13.3. The van der Waals surface area contributed by atoms with Gasteiger partial charge < -0.3 is 4.90 Å². The van der Waals surface area contributed by atoms with Crippen LogP contribution < -0.4 is 0 Å². The Kier molecular flexibility index (Phi) is 5.22. The van der Waals surface area contributed by atoms with Crippen LogP contribution in [0.3, 0.4) is 0 Å². The van der Waals surface area contributed by atoms with E-state index in [4.69, 9.17) is 0 Å². The van der Waals surface area contributed by atoms with E-state index in [0.29, 0.717) is 10.8 Å². The van der Waals surface area contributed by atoms with E-state index in [2.05, 4.69) is 9.88 Å². The Morgan fingerprint density at radius 1 is 1.25 bits per heavy atom. The average Bonchev–Trinajstić information content (AvgIpc) is 2.97. The normalized spacial score (nSPS) is 26.5. The van der Waals surface area contributed by atoms with Crippen LogP contribution in [-0.2, 0) is 16.0 Å². The molecule has 2 saturated heterocycles. The summed E-state index contributed by atoms with van der Waals surface area (Å²) < 4.78 is 61.3. The molecular formula is C15H21F3N2O2S2. The first kappa shape index (κ1) is 18.1. The molecule has 1 aromatic rings. The Labute approximate surface area is 144 Å². The highest BCUT2D eigenvalue weighted by atomic mass is 32.2. The second-order valence-electron chi connectivity index (χ2n) is 6.77. The number of alkyl halides is 3. The molecule has 3 heterocycles. The van der Waals surface area contributed by atoms with Crippen molar-refractivity contribution in [3.05, 3.63) is 16.1 Å². The lowest BCUT2D eigenvalue weighted by molar-refractivity contribution is -0.140. The smallest absolute Gasteiger partial charge is 0.303 e. The van der Waals surface area contributed by atoms with E-state index < -0.39 is 21.7 Å². The number of nitrogens with zero attached hydrogens (tertiary/aromatic N) is 2. The van der Waals surface area contributed by atoms with Crippen LogP contribution in [-0.4, -0.2) is 49.4 Å². The predicted molar refractivity (Wildman–Crippen MR) is 86.9 cm³/mol. The van der Waals surface area contributed by atoms with Gasteiger partial charge in [-0.05, 0) is 44.7 Å². The molecule has 1 atom stereocenters. The average molecular weight is 382 g/mol. The van der Waals surface area contributed by atoms with Crippen molar-refractivity contribution >= 4 is 21.2 Å². The maximum atomic E-state index is 12.6. The summed E-state index contributed by atoms with van der Waals surface area (Å²) in [5.74, 6) is 0.848. The minimum atomic E-state index is -4.37. The molecule has 0 aliphatic carbocycles. The van der Waals surface area contributed by atoms with Gasteiger partial charge in [-0.1, -0.05) is 0 Å². The van der Waals surface area contributed by atoms with Crippen LogP contribution in [0.1, 0.15) is 42.3 Å². The van der Waals surface area contributed by atoms with Crippen LogP contribution in [0, 0.1) is 5.92 Å². The third kappa shape index (κ3) is 4.49. The molecule has 0 spiro atoms. The number of likely N-dealkylation sites (tertiary alicyclic amines) is 1. The fraction of sp³-hybridized carbons (Fsp3) is 0.800. The number of hydrogen-bond donors (Lipinski definition) is 0. The van der Waals surface area contributed by atoms with Crippen LogP contribution in [0.4, 0.5) is 13.2 Å². The third-order valence-corrected chi connectivity index (χ3v) is 7.72. The van der Waals surface area contributed by atoms with E-state index in [-0.39, 0.29) is 17.6 Å². The lowest BCUT2D eigenvalue weighted by Gasteiger charge is -2.34. The van der Waals surface area contributed by atoms with Crippen molar-refractivity contribution in [1.82, 2.24) is 9.88 Å². The number of thiazole rings is 1. The van der Waals surface area contributed by atoms with E-state index in [1.54, 1.807) is 0 Å². The Balaban J connectivity index is 1.52. The second kappa shape index (κ2) is 6.92. The van der Waals surface area contributed by atoms with Gasteiger partial charge >= 0.3 is 6.18 Å². The first-order valence-corrected chi connectivity index (χ1v) is 10.9. The lowest BCUT2D eigenvalue weighted by atomic mass is 9.96. The first-order chi connectivity index (χ1) is 11.2. The Morgan fingerprint density at radius 3 is 2.54 bits per heavy atom. The molecule has 2 aliphatic heterocycles. The summed E-state index contributed by atoms with van der Waals surface area (Å²) in [7, 11) is -2.89. The van der Waals surface area contributed by atoms with Crippen LogP contribution >= 0.6 is 11.3 Å². The molecule has 0 N–H and O–H groups in total. The minimum absolute atomic E-state index is 0.0810. The molecule has 4 nitrogen and oxygen atoms in total. The highest BCUT2D eigenvalue weighted by Gasteiger charge is 2.35. The van der Waals surface area contributed by atoms with Gasteiger partial charge in [-0.3, -0.25) is 0 Å². The summed E-state index contributed by atoms with van der Waals surface area (Å²) in [6.07, 6.45) is -1.13. The van der Waals surface area contributed by atoms with E-state index in [1.807, 2.05) is 0 Å². The number of hydrogen-bond acceptors (Lipinski definition) is 5. The number of piperidine rings is 1. The molecule has 3 rings (SSSR count). The number of rotatable bonds is 3. The van der Waals surface area contributed by atoms with E-state index in [0.717, 1.165) is 62.0 Å². The first-order valence-electron chi connectivity index (χ1n) is 8.18. The van der Waals surface area contributed by atoms with Crippen LogP contribution in [0.5, 0.6) is 0 Å². The fourth-order valence-corrected chi connectivity index (χ4v) is 6.36. The number of sulfone groups is 1. The minimum Gasteiger partial charge on any atom is -0.303 e. The lowest BCUT2D eigenvalue weighted by Crippen LogP contribution is -2.40. The third-order valence-electron chi connectivity index (χ3n) is 4.82. The van der Waals surface area contributed by atoms with Crippen molar-refractivity contribution in [2.24, 2.45) is 5.92 Å². The van der Waals surface area contributed by atoms with Crippen LogP contribution in [0.15, 0.2) is 5.38 Å². The second-order valence-corrected chi connectivity index (χ2v) is 9.88. The maximum absolute atomic E-state index is 12.6. The summed E-state index contributed by atoms with van der Waals surface area (Å²) in [6, 6.07) is 0. The predicted octanol–water partition coefficient (Wildman–Crippen LogP) is 3.17. The van der Waals surface area contributed by atoms with Crippen molar-refractivity contribution in [3.63, 3.8) is 0 Å². The van der Waals surface area contributed by atoms with Gasteiger partial charge in [0.15, 0.2) is 15.5 Å². The van der Waals surface area contributed by atoms with E-state index >= 15 is 0 Å². The van der Waals surface area contributed by atoms with Gasteiger partial charge in [-0.15, -0.1) is 11.3 Å². The fourth-order valence-electron chi connectivity index (χ4n) is 3.59. The summed E-state index contributed by atoms with van der Waals surface area (Å²) in [5, 5.41) is 1.66. The van der Waals surface area contributed by atoms with E-state index in [1.165, 1.54) is 0 Å². The molecule has 0 radical (unpaired) electrons. The van der Waals surface area contributed by atoms with Gasteiger partial charge in [0.05, 0.1) is 16.5 Å². The van der Waals surface area contributed by atoms with Crippen molar-refractivity contribution in [1.29, 1.82) is 0 Å². The summed E-state index contributed by atoms with van der Waals surface area (Å²) in [5.41, 5.74) is -0.794. The molecule has 0 bridgehead atoms. The number of halogens is 3. The molecule has 2 aliphatic rings. The SMILES string of the molecule is O=S1(=O)CCCC(CN2CCC(c3nc(C(F)(F)F)cs3)CC2)C1. The van der Waals surface area contributed by atoms with Gasteiger partial charge in [0.25, 0.3) is 0 Å². The molecule has 0 amide bonds. The molecule has 0 aromatic carbocycles. The van der Waals surface area contributed by atoms with Crippen LogP contribution in [0.25, 0.3) is 0 Å². The van der Waals surface area contributed by atoms with Gasteiger partial charge in [0.2, 0.25) is 0 Å². The standard InChI is InChI=1S/C15H21F3N2O2S2/c16-15(17,18)13-9-23-14(19-13)12-3-5-20(6-4-12)8-11-2-1-7-24(21,22)10-11/h9,11-12H,1-8,10H2. The van der Waals surface area contributed by atoms with Crippen molar-refractivity contribution < 1.29 is 21.6 Å². The zero-order valence-corrected chi connectivity index (χ0v) is 14.9. The van der Waals surface area contributed by atoms with Gasteiger partial charge in [0.1, 0.15) is 0 Å². The Morgan fingerprint density at radius 2 is 1.96 bits per heavy atom. The molecule has 1 unspecified atom stereocenters.